The Morgan fingerprint density at radius 3 is 2.09 bits per heavy atom. The van der Waals surface area contributed by atoms with Crippen LogP contribution < -0.4 is 15.4 Å². The Labute approximate surface area is 254 Å². The fraction of sp³-hybridized carbons (Fsp3) is 0.226. The minimum atomic E-state index is -4.85. The molecule has 3 aromatic carbocycles. The first-order valence-electron chi connectivity index (χ1n) is 13.3. The molecule has 1 aromatic heterocycles. The lowest BCUT2D eigenvalue weighted by molar-refractivity contribution is -0.239. The zero-order valence-corrected chi connectivity index (χ0v) is 23.1. The van der Waals surface area contributed by atoms with Crippen molar-refractivity contribution >= 4 is 11.7 Å². The third-order valence-electron chi connectivity index (χ3n) is 7.17. The van der Waals surface area contributed by atoms with E-state index in [2.05, 4.69) is 20.4 Å². The first kappa shape index (κ1) is 32.6. The standard InChI is InChI=1S/C31H21F10N3O2/c32-28(33)17-29(34,35)46-24-11-10-22(14-23(24)28)43-26(45)44-27(15-18-5-2-1-3-6-18,19-7-4-8-20(13-19)30(36,37)38)25-12-9-21(16-42-25)31(39,40)41/h1-14,16H,15,17H2,(H2,43,44,45). The topological polar surface area (TPSA) is 63.2 Å². The fourth-order valence-corrected chi connectivity index (χ4v) is 5.09. The van der Waals surface area contributed by atoms with E-state index in [-0.39, 0.29) is 23.4 Å². The molecule has 1 aliphatic rings. The molecule has 242 valence electrons. The molecule has 0 spiro atoms. The number of benzene rings is 3. The number of ether oxygens (including phenoxy) is 1. The van der Waals surface area contributed by atoms with Gasteiger partial charge >= 0.3 is 24.5 Å². The lowest BCUT2D eigenvalue weighted by atomic mass is 9.79. The summed E-state index contributed by atoms with van der Waals surface area (Å²) in [4.78, 5) is 17.4. The summed E-state index contributed by atoms with van der Waals surface area (Å²) in [5.74, 6) is -4.88. The smallest absolute Gasteiger partial charge is 0.417 e. The highest BCUT2D eigenvalue weighted by Crippen LogP contribution is 2.49. The molecule has 0 bridgehead atoms. The van der Waals surface area contributed by atoms with Crippen LogP contribution in [0.5, 0.6) is 5.75 Å². The molecule has 2 amide bonds. The molecule has 2 N–H and O–H groups in total. The van der Waals surface area contributed by atoms with E-state index in [0.717, 1.165) is 30.3 Å². The molecule has 15 heteroatoms. The van der Waals surface area contributed by atoms with E-state index in [1.165, 1.54) is 6.07 Å². The lowest BCUT2D eigenvalue weighted by Crippen LogP contribution is -2.50. The molecular weight excluding hydrogens is 636 g/mol. The Bertz CT molecular complexity index is 1730. The van der Waals surface area contributed by atoms with Crippen LogP contribution >= 0.6 is 0 Å². The van der Waals surface area contributed by atoms with Crippen molar-refractivity contribution < 1.29 is 53.4 Å². The van der Waals surface area contributed by atoms with E-state index in [9.17, 15) is 48.7 Å². The van der Waals surface area contributed by atoms with E-state index in [0.29, 0.717) is 30.0 Å². The van der Waals surface area contributed by atoms with Crippen LogP contribution in [0.25, 0.3) is 0 Å². The van der Waals surface area contributed by atoms with Gasteiger partial charge in [-0.05, 0) is 53.6 Å². The number of nitrogens with one attached hydrogen (secondary N) is 2. The Kier molecular flexibility index (Phi) is 8.15. The number of carbonyl (C=O) groups excluding carboxylic acids is 1. The predicted octanol–water partition coefficient (Wildman–Crippen LogP) is 8.89. The van der Waals surface area contributed by atoms with Crippen molar-refractivity contribution in [1.29, 1.82) is 0 Å². The van der Waals surface area contributed by atoms with Gasteiger partial charge in [0.1, 0.15) is 17.7 Å². The molecule has 0 aliphatic carbocycles. The van der Waals surface area contributed by atoms with Gasteiger partial charge in [-0.2, -0.15) is 35.1 Å². The molecule has 0 saturated heterocycles. The molecule has 0 radical (unpaired) electrons. The van der Waals surface area contributed by atoms with E-state index >= 15 is 0 Å². The molecule has 4 aromatic rings. The number of hydrogen-bond acceptors (Lipinski definition) is 3. The van der Waals surface area contributed by atoms with Crippen LogP contribution in [0.2, 0.25) is 0 Å². The number of pyridine rings is 1. The molecule has 1 atom stereocenters. The number of carbonyl (C=O) groups is 1. The summed E-state index contributed by atoms with van der Waals surface area (Å²) in [6.07, 6.45) is -15.6. The second kappa shape index (κ2) is 11.5. The van der Waals surface area contributed by atoms with Crippen LogP contribution in [-0.2, 0) is 30.2 Å². The SMILES string of the molecule is O=C(Nc1ccc2c(c1)C(F)(F)CC(F)(F)O2)NC(Cc1ccccc1)(c1cccc(C(F)(F)F)c1)c1ccc(C(F)(F)F)cn1. The molecule has 5 rings (SSSR count). The van der Waals surface area contributed by atoms with Crippen molar-refractivity contribution in [2.75, 3.05) is 5.32 Å². The summed E-state index contributed by atoms with van der Waals surface area (Å²) in [6.45, 7) is 0. The number of rotatable bonds is 6. The molecule has 46 heavy (non-hydrogen) atoms. The van der Waals surface area contributed by atoms with Crippen molar-refractivity contribution in [3.8, 4) is 5.75 Å². The summed E-state index contributed by atoms with van der Waals surface area (Å²) in [7, 11) is 0. The molecule has 0 saturated carbocycles. The number of urea groups is 1. The number of fused-ring (bicyclic) bond motifs is 1. The second-order valence-electron chi connectivity index (χ2n) is 10.5. The van der Waals surface area contributed by atoms with Gasteiger partial charge < -0.3 is 15.4 Å². The minimum Gasteiger partial charge on any atom is -0.432 e. The molecular formula is C31H21F10N3O2. The van der Waals surface area contributed by atoms with Gasteiger partial charge in [-0.25, -0.2) is 13.6 Å². The lowest BCUT2D eigenvalue weighted by Gasteiger charge is -2.36. The zero-order valence-electron chi connectivity index (χ0n) is 23.1. The number of aromatic nitrogens is 1. The predicted molar refractivity (Wildman–Crippen MR) is 144 cm³/mol. The maximum absolute atomic E-state index is 14.5. The van der Waals surface area contributed by atoms with Crippen LogP contribution in [0.15, 0.2) is 91.1 Å². The normalized spacial score (nSPS) is 16.8. The van der Waals surface area contributed by atoms with Gasteiger partial charge in [-0.1, -0.05) is 42.5 Å². The van der Waals surface area contributed by atoms with E-state index < -0.39 is 64.8 Å². The number of amides is 2. The monoisotopic (exact) mass is 657 g/mol. The van der Waals surface area contributed by atoms with Gasteiger partial charge in [-0.3, -0.25) is 4.98 Å². The van der Waals surface area contributed by atoms with Crippen molar-refractivity contribution in [2.45, 2.75) is 42.8 Å². The van der Waals surface area contributed by atoms with Crippen LogP contribution in [0.1, 0.15) is 39.9 Å². The third kappa shape index (κ3) is 6.87. The Balaban J connectivity index is 1.61. The van der Waals surface area contributed by atoms with Crippen LogP contribution in [-0.4, -0.2) is 17.1 Å². The summed E-state index contributed by atoms with van der Waals surface area (Å²) in [5, 5.41) is 4.77. The summed E-state index contributed by atoms with van der Waals surface area (Å²) in [5.41, 5.74) is -5.73. The van der Waals surface area contributed by atoms with Crippen LogP contribution in [0.3, 0.4) is 0 Å². The molecule has 1 unspecified atom stereocenters. The summed E-state index contributed by atoms with van der Waals surface area (Å²) >= 11 is 0. The highest BCUT2D eigenvalue weighted by molar-refractivity contribution is 5.90. The van der Waals surface area contributed by atoms with Gasteiger partial charge in [0.15, 0.2) is 0 Å². The number of hydrogen-bond donors (Lipinski definition) is 2. The largest absolute Gasteiger partial charge is 0.432 e. The molecule has 2 heterocycles. The van der Waals surface area contributed by atoms with Gasteiger partial charge in [-0.15, -0.1) is 0 Å². The Morgan fingerprint density at radius 1 is 0.783 bits per heavy atom. The van der Waals surface area contributed by atoms with Crippen LogP contribution in [0, 0.1) is 0 Å². The summed E-state index contributed by atoms with van der Waals surface area (Å²) < 4.78 is 142. The van der Waals surface area contributed by atoms with Crippen molar-refractivity contribution in [3.63, 3.8) is 0 Å². The summed E-state index contributed by atoms with van der Waals surface area (Å²) in [6, 6.07) is 14.5. The molecule has 1 aliphatic heterocycles. The second-order valence-corrected chi connectivity index (χ2v) is 10.5. The highest BCUT2D eigenvalue weighted by Gasteiger charge is 2.52. The quantitative estimate of drug-likeness (QED) is 0.204. The average molecular weight is 658 g/mol. The Hall–Kier alpha value is -4.82. The first-order chi connectivity index (χ1) is 21.4. The number of nitrogens with zero attached hydrogens (tertiary/aromatic N) is 1. The van der Waals surface area contributed by atoms with Gasteiger partial charge in [0.25, 0.3) is 5.92 Å². The van der Waals surface area contributed by atoms with E-state index in [4.69, 9.17) is 0 Å². The average Bonchev–Trinajstić information content (AvgIpc) is 2.96. The first-order valence-corrected chi connectivity index (χ1v) is 13.3. The third-order valence-corrected chi connectivity index (χ3v) is 7.17. The number of halogens is 10. The Morgan fingerprint density at radius 2 is 1.46 bits per heavy atom. The zero-order chi connectivity index (χ0) is 33.5. The minimum absolute atomic E-state index is 0.221. The van der Waals surface area contributed by atoms with E-state index in [1.807, 2.05) is 0 Å². The fourth-order valence-electron chi connectivity index (χ4n) is 5.09. The van der Waals surface area contributed by atoms with Crippen molar-refractivity contribution in [3.05, 3.63) is 125 Å². The van der Waals surface area contributed by atoms with Gasteiger partial charge in [0.05, 0.1) is 22.4 Å². The molecule has 0 fully saturated rings. The van der Waals surface area contributed by atoms with Gasteiger partial charge in [0.2, 0.25) is 0 Å². The van der Waals surface area contributed by atoms with Crippen molar-refractivity contribution in [2.24, 2.45) is 0 Å². The maximum atomic E-state index is 14.5. The number of alkyl halides is 10. The molecule has 5 nitrogen and oxygen atoms in total. The van der Waals surface area contributed by atoms with E-state index in [1.54, 1.807) is 30.3 Å². The highest BCUT2D eigenvalue weighted by atomic mass is 19.4. The van der Waals surface area contributed by atoms with Gasteiger partial charge in [0, 0.05) is 18.3 Å². The van der Waals surface area contributed by atoms with Crippen molar-refractivity contribution in [1.82, 2.24) is 10.3 Å². The number of anilines is 1. The van der Waals surface area contributed by atoms with Crippen LogP contribution in [0.4, 0.5) is 54.4 Å². The maximum Gasteiger partial charge on any atom is 0.417 e.